The number of likely N-dealkylation sites (tertiary alicyclic amines) is 1. The Labute approximate surface area is 145 Å². The summed E-state index contributed by atoms with van der Waals surface area (Å²) in [5.74, 6) is -0.293. The molecule has 2 amide bonds. The highest BCUT2D eigenvalue weighted by atomic mass is 16.2. The Morgan fingerprint density at radius 3 is 2.62 bits per heavy atom. The number of hydrogen-bond acceptors (Lipinski definition) is 2. The van der Waals surface area contributed by atoms with Gasteiger partial charge in [-0.15, -0.1) is 0 Å². The van der Waals surface area contributed by atoms with Crippen molar-refractivity contribution in [1.82, 2.24) is 4.90 Å². The number of nitrogens with one attached hydrogen (secondary N) is 1. The first-order valence-electron chi connectivity index (χ1n) is 8.97. The van der Waals surface area contributed by atoms with Crippen LogP contribution in [0.2, 0.25) is 0 Å². The van der Waals surface area contributed by atoms with Gasteiger partial charge in [0.25, 0.3) is 0 Å². The van der Waals surface area contributed by atoms with E-state index >= 15 is 0 Å². The number of carbonyl (C=O) groups excluding carboxylic acids is 2. The van der Waals surface area contributed by atoms with Gasteiger partial charge in [-0.3, -0.25) is 9.59 Å². The minimum absolute atomic E-state index is 0.0585. The van der Waals surface area contributed by atoms with Crippen molar-refractivity contribution in [3.05, 3.63) is 29.3 Å². The van der Waals surface area contributed by atoms with Gasteiger partial charge in [-0.2, -0.15) is 0 Å². The highest BCUT2D eigenvalue weighted by Gasteiger charge is 2.41. The summed E-state index contributed by atoms with van der Waals surface area (Å²) in [6.45, 7) is 10.3. The molecule has 4 nitrogen and oxygen atoms in total. The zero-order valence-electron chi connectivity index (χ0n) is 15.6. The molecule has 1 aliphatic rings. The van der Waals surface area contributed by atoms with Crippen LogP contribution in [0.3, 0.4) is 0 Å². The molecule has 0 aromatic heterocycles. The number of anilines is 1. The van der Waals surface area contributed by atoms with E-state index in [2.05, 4.69) is 12.2 Å². The lowest BCUT2D eigenvalue weighted by molar-refractivity contribution is -0.149. The first-order valence-corrected chi connectivity index (χ1v) is 8.97. The maximum absolute atomic E-state index is 13.0. The molecular formula is C20H30N2O2. The lowest BCUT2D eigenvalue weighted by Crippen LogP contribution is -2.52. The predicted molar refractivity (Wildman–Crippen MR) is 98.0 cm³/mol. The Kier molecular flexibility index (Phi) is 5.68. The van der Waals surface area contributed by atoms with Gasteiger partial charge in [0.15, 0.2) is 0 Å². The number of amides is 2. The quantitative estimate of drug-likeness (QED) is 0.846. The molecule has 24 heavy (non-hydrogen) atoms. The average molecular weight is 330 g/mol. The Balaban J connectivity index is 2.17. The lowest BCUT2D eigenvalue weighted by Gasteiger charge is -2.39. The molecule has 0 saturated carbocycles. The third-order valence-electron chi connectivity index (χ3n) is 5.31. The largest absolute Gasteiger partial charge is 0.339 e. The Bertz CT molecular complexity index is 622. The molecule has 1 N–H and O–H groups in total. The standard InChI is InChI=1S/C20H30N2O2/c1-6-16-11-7-8-13-22(16)19(24)20(4,5)18(23)21-17-12-9-10-14(2)15(17)3/h9-10,12,16H,6-8,11,13H2,1-5H3,(H,21,23). The summed E-state index contributed by atoms with van der Waals surface area (Å²) in [7, 11) is 0. The number of hydrogen-bond donors (Lipinski definition) is 1. The molecule has 1 aromatic rings. The molecule has 2 rings (SSSR count). The molecule has 1 heterocycles. The van der Waals surface area contributed by atoms with Gasteiger partial charge in [0, 0.05) is 18.3 Å². The second-order valence-electron chi connectivity index (χ2n) is 7.38. The van der Waals surface area contributed by atoms with E-state index in [-0.39, 0.29) is 17.9 Å². The summed E-state index contributed by atoms with van der Waals surface area (Å²) in [4.78, 5) is 27.8. The smallest absolute Gasteiger partial charge is 0.239 e. The van der Waals surface area contributed by atoms with Gasteiger partial charge in [-0.25, -0.2) is 0 Å². The van der Waals surface area contributed by atoms with Crippen molar-refractivity contribution >= 4 is 17.5 Å². The molecule has 1 aliphatic heterocycles. The Morgan fingerprint density at radius 2 is 1.96 bits per heavy atom. The van der Waals surface area contributed by atoms with Crippen molar-refractivity contribution in [3.8, 4) is 0 Å². The van der Waals surface area contributed by atoms with E-state index in [0.717, 1.165) is 49.0 Å². The third-order valence-corrected chi connectivity index (χ3v) is 5.31. The minimum Gasteiger partial charge on any atom is -0.339 e. The number of aryl methyl sites for hydroxylation is 1. The predicted octanol–water partition coefficient (Wildman–Crippen LogP) is 4.06. The van der Waals surface area contributed by atoms with Gasteiger partial charge < -0.3 is 10.2 Å². The molecule has 4 heteroatoms. The molecule has 1 aromatic carbocycles. The lowest BCUT2D eigenvalue weighted by atomic mass is 9.87. The van der Waals surface area contributed by atoms with Crippen molar-refractivity contribution in [1.29, 1.82) is 0 Å². The molecule has 1 unspecified atom stereocenters. The van der Waals surface area contributed by atoms with Crippen LogP contribution in [-0.4, -0.2) is 29.3 Å². The zero-order valence-corrected chi connectivity index (χ0v) is 15.6. The van der Waals surface area contributed by atoms with E-state index in [1.165, 1.54) is 0 Å². The number of benzene rings is 1. The van der Waals surface area contributed by atoms with Crippen LogP contribution in [0.15, 0.2) is 18.2 Å². The molecule has 1 atom stereocenters. The fourth-order valence-corrected chi connectivity index (χ4v) is 3.31. The fraction of sp³-hybridized carbons (Fsp3) is 0.600. The van der Waals surface area contributed by atoms with Gasteiger partial charge in [-0.05, 0) is 70.6 Å². The molecule has 0 spiro atoms. The highest BCUT2D eigenvalue weighted by Crippen LogP contribution is 2.29. The molecular weight excluding hydrogens is 300 g/mol. The summed E-state index contributed by atoms with van der Waals surface area (Å²) >= 11 is 0. The number of piperidine rings is 1. The first kappa shape index (κ1) is 18.5. The SMILES string of the molecule is CCC1CCCCN1C(=O)C(C)(C)C(=O)Nc1cccc(C)c1C. The first-order chi connectivity index (χ1) is 11.3. The van der Waals surface area contributed by atoms with Crippen LogP contribution >= 0.6 is 0 Å². The topological polar surface area (TPSA) is 49.4 Å². The number of carbonyl (C=O) groups is 2. The normalized spacial score (nSPS) is 18.4. The Hall–Kier alpha value is -1.84. The molecule has 1 fully saturated rings. The van der Waals surface area contributed by atoms with Crippen LogP contribution in [0.5, 0.6) is 0 Å². The fourth-order valence-electron chi connectivity index (χ4n) is 3.31. The van der Waals surface area contributed by atoms with Gasteiger partial charge in [-0.1, -0.05) is 19.1 Å². The second kappa shape index (κ2) is 7.37. The maximum Gasteiger partial charge on any atom is 0.239 e. The van der Waals surface area contributed by atoms with Crippen molar-refractivity contribution in [2.75, 3.05) is 11.9 Å². The van der Waals surface area contributed by atoms with Gasteiger partial charge in [0.2, 0.25) is 11.8 Å². The van der Waals surface area contributed by atoms with Crippen LogP contribution in [0.4, 0.5) is 5.69 Å². The molecule has 0 aliphatic carbocycles. The van der Waals surface area contributed by atoms with Crippen molar-refractivity contribution in [2.24, 2.45) is 5.41 Å². The molecule has 0 bridgehead atoms. The van der Waals surface area contributed by atoms with Crippen LogP contribution in [0.1, 0.15) is 57.6 Å². The molecule has 0 radical (unpaired) electrons. The van der Waals surface area contributed by atoms with E-state index in [1.807, 2.05) is 36.9 Å². The van der Waals surface area contributed by atoms with Gasteiger partial charge >= 0.3 is 0 Å². The van der Waals surface area contributed by atoms with Crippen molar-refractivity contribution < 1.29 is 9.59 Å². The third kappa shape index (κ3) is 3.63. The minimum atomic E-state index is -1.07. The van der Waals surface area contributed by atoms with E-state index in [1.54, 1.807) is 13.8 Å². The van der Waals surface area contributed by atoms with E-state index in [9.17, 15) is 9.59 Å². The van der Waals surface area contributed by atoms with E-state index < -0.39 is 5.41 Å². The van der Waals surface area contributed by atoms with Crippen LogP contribution < -0.4 is 5.32 Å². The van der Waals surface area contributed by atoms with Gasteiger partial charge in [0.05, 0.1) is 0 Å². The van der Waals surface area contributed by atoms with Crippen LogP contribution in [0.25, 0.3) is 0 Å². The maximum atomic E-state index is 13.0. The summed E-state index contributed by atoms with van der Waals surface area (Å²) in [6.07, 6.45) is 4.17. The summed E-state index contributed by atoms with van der Waals surface area (Å²) in [5, 5.41) is 2.96. The summed E-state index contributed by atoms with van der Waals surface area (Å²) in [5.41, 5.74) is 1.88. The van der Waals surface area contributed by atoms with Gasteiger partial charge in [0.1, 0.15) is 5.41 Å². The molecule has 132 valence electrons. The zero-order chi connectivity index (χ0) is 17.9. The monoisotopic (exact) mass is 330 g/mol. The highest BCUT2D eigenvalue weighted by molar-refractivity contribution is 6.10. The average Bonchev–Trinajstić information content (AvgIpc) is 2.58. The van der Waals surface area contributed by atoms with E-state index in [4.69, 9.17) is 0 Å². The summed E-state index contributed by atoms with van der Waals surface area (Å²) < 4.78 is 0. The van der Waals surface area contributed by atoms with Crippen molar-refractivity contribution in [3.63, 3.8) is 0 Å². The van der Waals surface area contributed by atoms with Crippen molar-refractivity contribution in [2.45, 2.75) is 66.3 Å². The number of nitrogens with zero attached hydrogens (tertiary/aromatic N) is 1. The van der Waals surface area contributed by atoms with Crippen LogP contribution in [0, 0.1) is 19.3 Å². The van der Waals surface area contributed by atoms with E-state index in [0.29, 0.717) is 0 Å². The second-order valence-corrected chi connectivity index (χ2v) is 7.38. The Morgan fingerprint density at radius 1 is 1.25 bits per heavy atom. The molecule has 1 saturated heterocycles. The number of rotatable bonds is 4. The summed E-state index contributed by atoms with van der Waals surface area (Å²) in [6, 6.07) is 6.08. The van der Waals surface area contributed by atoms with Crippen LogP contribution in [-0.2, 0) is 9.59 Å².